The molecule has 0 radical (unpaired) electrons. The van der Waals surface area contributed by atoms with Crippen LogP contribution in [0.5, 0.6) is 0 Å². The molecule has 0 aliphatic carbocycles. The van der Waals surface area contributed by atoms with Crippen molar-refractivity contribution in [1.82, 2.24) is 19.7 Å². The lowest BCUT2D eigenvalue weighted by atomic mass is 10.2. The molecular formula is C16H22FN7. The maximum Gasteiger partial charge on any atom is 0.191 e. The van der Waals surface area contributed by atoms with Crippen molar-refractivity contribution in [3.63, 3.8) is 0 Å². The van der Waals surface area contributed by atoms with Gasteiger partial charge >= 0.3 is 0 Å². The first-order valence-corrected chi connectivity index (χ1v) is 8.09. The minimum absolute atomic E-state index is 0.214. The fourth-order valence-corrected chi connectivity index (χ4v) is 2.77. The Hall–Kier alpha value is -2.64. The average Bonchev–Trinajstić information content (AvgIpc) is 3.08. The molecule has 3 rings (SSSR count). The lowest BCUT2D eigenvalue weighted by molar-refractivity contribution is 0.380. The number of aromatic nitrogens is 3. The monoisotopic (exact) mass is 331 g/mol. The van der Waals surface area contributed by atoms with Gasteiger partial charge in [-0.05, 0) is 31.2 Å². The molecule has 0 bridgehead atoms. The Morgan fingerprint density at radius 2 is 1.92 bits per heavy atom. The number of anilines is 1. The number of piperazine rings is 1. The molecule has 7 nitrogen and oxygen atoms in total. The van der Waals surface area contributed by atoms with Gasteiger partial charge in [0.15, 0.2) is 5.96 Å². The van der Waals surface area contributed by atoms with Crippen molar-refractivity contribution in [1.29, 1.82) is 0 Å². The molecule has 0 amide bonds. The van der Waals surface area contributed by atoms with Crippen LogP contribution in [0.15, 0.2) is 35.6 Å². The summed E-state index contributed by atoms with van der Waals surface area (Å²) in [6, 6.07) is 6.59. The van der Waals surface area contributed by atoms with E-state index in [1.54, 1.807) is 12.1 Å². The molecule has 0 saturated carbocycles. The molecule has 0 unspecified atom stereocenters. The van der Waals surface area contributed by atoms with Gasteiger partial charge in [-0.2, -0.15) is 5.10 Å². The Bertz CT molecular complexity index is 687. The van der Waals surface area contributed by atoms with Gasteiger partial charge in [0.05, 0.1) is 0 Å². The smallest absolute Gasteiger partial charge is 0.191 e. The first-order chi connectivity index (χ1) is 11.7. The molecule has 1 aliphatic heterocycles. The van der Waals surface area contributed by atoms with E-state index >= 15 is 0 Å². The Labute approximate surface area is 140 Å². The van der Waals surface area contributed by atoms with Crippen LogP contribution in [-0.4, -0.2) is 51.8 Å². The van der Waals surface area contributed by atoms with E-state index in [-0.39, 0.29) is 5.82 Å². The third-order valence-electron chi connectivity index (χ3n) is 4.17. The van der Waals surface area contributed by atoms with Crippen LogP contribution in [0, 0.1) is 5.82 Å². The van der Waals surface area contributed by atoms with Crippen molar-refractivity contribution in [2.75, 3.05) is 31.1 Å². The highest BCUT2D eigenvalue weighted by molar-refractivity contribution is 5.78. The highest BCUT2D eigenvalue weighted by Crippen LogP contribution is 2.16. The Balaban J connectivity index is 1.55. The van der Waals surface area contributed by atoms with Crippen molar-refractivity contribution in [3.8, 4) is 0 Å². The quantitative estimate of drug-likeness (QED) is 0.670. The second-order valence-electron chi connectivity index (χ2n) is 5.62. The van der Waals surface area contributed by atoms with E-state index in [1.807, 2.05) is 11.6 Å². The van der Waals surface area contributed by atoms with Gasteiger partial charge in [0, 0.05) is 38.4 Å². The summed E-state index contributed by atoms with van der Waals surface area (Å²) < 4.78 is 14.8. The second-order valence-corrected chi connectivity index (χ2v) is 5.62. The first kappa shape index (κ1) is 16.2. The number of hydrogen-bond donors (Lipinski definition) is 1. The molecule has 2 aromatic rings. The molecular weight excluding hydrogens is 309 g/mol. The number of nitrogens with two attached hydrogens (primary N) is 1. The topological polar surface area (TPSA) is 75.6 Å². The number of nitrogens with zero attached hydrogens (tertiary/aromatic N) is 6. The molecule has 1 fully saturated rings. The number of aryl methyl sites for hydroxylation is 1. The number of guanidine groups is 1. The van der Waals surface area contributed by atoms with Crippen molar-refractivity contribution < 1.29 is 4.39 Å². The Morgan fingerprint density at radius 3 is 2.58 bits per heavy atom. The maximum absolute atomic E-state index is 13.0. The molecule has 1 aliphatic rings. The van der Waals surface area contributed by atoms with Crippen molar-refractivity contribution in [2.24, 2.45) is 10.7 Å². The fourth-order valence-electron chi connectivity index (χ4n) is 2.77. The van der Waals surface area contributed by atoms with Gasteiger partial charge in [-0.1, -0.05) is 0 Å². The van der Waals surface area contributed by atoms with Gasteiger partial charge in [0.1, 0.15) is 24.5 Å². The number of aliphatic imine (C=N–C) groups is 1. The van der Waals surface area contributed by atoms with Crippen LogP contribution in [0.4, 0.5) is 10.1 Å². The summed E-state index contributed by atoms with van der Waals surface area (Å²) in [7, 11) is 0. The fraction of sp³-hybridized carbons (Fsp3) is 0.438. The summed E-state index contributed by atoms with van der Waals surface area (Å²) in [5.41, 5.74) is 7.14. The molecule has 0 atom stereocenters. The largest absolute Gasteiger partial charge is 0.370 e. The minimum Gasteiger partial charge on any atom is -0.370 e. The minimum atomic E-state index is -0.214. The van der Waals surface area contributed by atoms with Gasteiger partial charge in [-0.15, -0.1) is 0 Å². The van der Waals surface area contributed by atoms with Gasteiger partial charge in [0.25, 0.3) is 0 Å². The maximum atomic E-state index is 13.0. The van der Waals surface area contributed by atoms with Crippen LogP contribution in [0.3, 0.4) is 0 Å². The van der Waals surface area contributed by atoms with Crippen molar-refractivity contribution in [3.05, 3.63) is 42.2 Å². The summed E-state index contributed by atoms with van der Waals surface area (Å²) in [6.07, 6.45) is 1.53. The lowest BCUT2D eigenvalue weighted by Gasteiger charge is -2.36. The molecule has 128 valence electrons. The highest BCUT2D eigenvalue weighted by atomic mass is 19.1. The van der Waals surface area contributed by atoms with Gasteiger partial charge in [0.2, 0.25) is 0 Å². The lowest BCUT2D eigenvalue weighted by Crippen LogP contribution is -2.51. The zero-order valence-electron chi connectivity index (χ0n) is 13.8. The Kier molecular flexibility index (Phi) is 4.93. The van der Waals surface area contributed by atoms with E-state index in [2.05, 4.69) is 24.9 Å². The molecule has 1 aromatic heterocycles. The van der Waals surface area contributed by atoms with E-state index < -0.39 is 0 Å². The number of benzene rings is 1. The van der Waals surface area contributed by atoms with Crippen LogP contribution < -0.4 is 10.6 Å². The number of halogens is 1. The molecule has 1 aromatic carbocycles. The molecule has 8 heteroatoms. The van der Waals surface area contributed by atoms with E-state index in [0.717, 1.165) is 44.2 Å². The van der Waals surface area contributed by atoms with Gasteiger partial charge < -0.3 is 15.5 Å². The molecule has 2 heterocycles. The number of rotatable bonds is 4. The van der Waals surface area contributed by atoms with Gasteiger partial charge in [-0.3, -0.25) is 0 Å². The number of hydrogen-bond acceptors (Lipinski definition) is 4. The summed E-state index contributed by atoms with van der Waals surface area (Å²) in [4.78, 5) is 12.9. The van der Waals surface area contributed by atoms with Crippen LogP contribution in [0.2, 0.25) is 0 Å². The zero-order valence-corrected chi connectivity index (χ0v) is 13.8. The summed E-state index contributed by atoms with van der Waals surface area (Å²) in [5, 5.41) is 4.12. The standard InChI is InChI=1S/C16H22FN7/c1-2-24-15(20-12-21-24)11-19-16(18)23-9-7-22(8-10-23)14-5-3-13(17)4-6-14/h3-6,12H,2,7-11H2,1H3,(H2,18,19). The van der Waals surface area contributed by atoms with Crippen LogP contribution >= 0.6 is 0 Å². The Morgan fingerprint density at radius 1 is 1.21 bits per heavy atom. The normalized spacial score (nSPS) is 15.8. The SMILES string of the molecule is CCn1ncnc1CN=C(N)N1CCN(c2ccc(F)cc2)CC1. The van der Waals surface area contributed by atoms with Crippen LogP contribution in [-0.2, 0) is 13.1 Å². The van der Waals surface area contributed by atoms with Crippen LogP contribution in [0.25, 0.3) is 0 Å². The molecule has 0 spiro atoms. The summed E-state index contributed by atoms with van der Waals surface area (Å²) in [5.74, 6) is 1.12. The summed E-state index contributed by atoms with van der Waals surface area (Å²) in [6.45, 7) is 6.43. The van der Waals surface area contributed by atoms with Crippen LogP contribution in [0.1, 0.15) is 12.7 Å². The van der Waals surface area contributed by atoms with E-state index in [1.165, 1.54) is 18.5 Å². The van der Waals surface area contributed by atoms with E-state index in [9.17, 15) is 4.39 Å². The molecule has 1 saturated heterocycles. The predicted octanol–water partition coefficient (Wildman–Crippen LogP) is 1.07. The van der Waals surface area contributed by atoms with Gasteiger partial charge in [-0.25, -0.2) is 19.0 Å². The highest BCUT2D eigenvalue weighted by Gasteiger charge is 2.18. The third kappa shape index (κ3) is 3.64. The summed E-state index contributed by atoms with van der Waals surface area (Å²) >= 11 is 0. The van der Waals surface area contributed by atoms with E-state index in [4.69, 9.17) is 5.73 Å². The van der Waals surface area contributed by atoms with E-state index in [0.29, 0.717) is 12.5 Å². The molecule has 2 N–H and O–H groups in total. The molecule has 24 heavy (non-hydrogen) atoms. The first-order valence-electron chi connectivity index (χ1n) is 8.09. The predicted molar refractivity (Wildman–Crippen MR) is 91.2 cm³/mol. The van der Waals surface area contributed by atoms with Crippen molar-refractivity contribution in [2.45, 2.75) is 20.0 Å². The average molecular weight is 331 g/mol. The second kappa shape index (κ2) is 7.29. The third-order valence-corrected chi connectivity index (χ3v) is 4.17. The zero-order chi connectivity index (χ0) is 16.9. The van der Waals surface area contributed by atoms with Crippen molar-refractivity contribution >= 4 is 11.6 Å².